The molecule has 0 saturated carbocycles. The Labute approximate surface area is 58.5 Å². The lowest BCUT2D eigenvalue weighted by Crippen LogP contribution is -2.15. The van der Waals surface area contributed by atoms with Gasteiger partial charge in [-0.1, -0.05) is 0 Å². The highest BCUT2D eigenvalue weighted by atomic mass is 16.3. The van der Waals surface area contributed by atoms with Crippen LogP contribution in [-0.4, -0.2) is 35.0 Å². The number of carbonyl (C=O) groups excluding carboxylic acids is 2. The van der Waals surface area contributed by atoms with Crippen LogP contribution in [0, 0.1) is 0 Å². The Morgan fingerprint density at radius 1 is 1.60 bits per heavy atom. The monoisotopic (exact) mass is 146 g/mol. The SMILES string of the molecule is O=CC(=O)CC(O)CCO. The molecular formula is C6H10O4. The molecule has 0 saturated heterocycles. The second-order valence-corrected chi connectivity index (χ2v) is 1.95. The van der Waals surface area contributed by atoms with Gasteiger partial charge in [0, 0.05) is 13.0 Å². The first-order valence-corrected chi connectivity index (χ1v) is 2.97. The molecule has 1 atom stereocenters. The van der Waals surface area contributed by atoms with Crippen molar-refractivity contribution in [2.75, 3.05) is 6.61 Å². The average Bonchev–Trinajstić information content (AvgIpc) is 1.88. The smallest absolute Gasteiger partial charge is 0.197 e. The number of hydrogen-bond donors (Lipinski definition) is 2. The molecule has 0 heterocycles. The van der Waals surface area contributed by atoms with Crippen molar-refractivity contribution in [3.63, 3.8) is 0 Å². The number of Topliss-reactive ketones (excluding diaryl/α,β-unsaturated/α-hetero) is 1. The van der Waals surface area contributed by atoms with Gasteiger partial charge in [0.1, 0.15) is 0 Å². The van der Waals surface area contributed by atoms with Crippen LogP contribution < -0.4 is 0 Å². The summed E-state index contributed by atoms with van der Waals surface area (Å²) in [7, 11) is 0. The molecule has 0 aromatic carbocycles. The summed E-state index contributed by atoms with van der Waals surface area (Å²) in [5.41, 5.74) is 0. The minimum absolute atomic E-state index is 0.138. The molecule has 2 N–H and O–H groups in total. The van der Waals surface area contributed by atoms with Gasteiger partial charge >= 0.3 is 0 Å². The molecule has 0 bridgehead atoms. The van der Waals surface area contributed by atoms with Gasteiger partial charge in [-0.05, 0) is 6.42 Å². The van der Waals surface area contributed by atoms with E-state index >= 15 is 0 Å². The number of aliphatic hydroxyl groups is 2. The van der Waals surface area contributed by atoms with E-state index in [-0.39, 0.29) is 25.7 Å². The van der Waals surface area contributed by atoms with Crippen molar-refractivity contribution in [1.29, 1.82) is 0 Å². The number of rotatable bonds is 5. The zero-order valence-corrected chi connectivity index (χ0v) is 5.49. The van der Waals surface area contributed by atoms with Crippen molar-refractivity contribution >= 4 is 12.1 Å². The van der Waals surface area contributed by atoms with Gasteiger partial charge in [0.15, 0.2) is 12.1 Å². The predicted molar refractivity (Wildman–Crippen MR) is 33.4 cm³/mol. The standard InChI is InChI=1S/C6H10O4/c7-2-1-5(9)3-6(10)4-8/h4-5,7,9H,1-3H2. The highest BCUT2D eigenvalue weighted by molar-refractivity contribution is 6.25. The second kappa shape index (κ2) is 5.08. The summed E-state index contributed by atoms with van der Waals surface area (Å²) in [4.78, 5) is 20.0. The molecule has 4 nitrogen and oxygen atoms in total. The number of aliphatic hydroxyl groups excluding tert-OH is 2. The minimum Gasteiger partial charge on any atom is -0.396 e. The molecule has 0 amide bonds. The van der Waals surface area contributed by atoms with Crippen LogP contribution in [0.4, 0.5) is 0 Å². The molecule has 0 spiro atoms. The molecule has 0 aliphatic heterocycles. The third-order valence-corrected chi connectivity index (χ3v) is 1.03. The van der Waals surface area contributed by atoms with E-state index in [1.54, 1.807) is 0 Å². The van der Waals surface area contributed by atoms with Crippen molar-refractivity contribution in [1.82, 2.24) is 0 Å². The van der Waals surface area contributed by atoms with Crippen LogP contribution in [0.3, 0.4) is 0 Å². The zero-order valence-electron chi connectivity index (χ0n) is 5.49. The van der Waals surface area contributed by atoms with Crippen LogP contribution >= 0.6 is 0 Å². The highest BCUT2D eigenvalue weighted by Gasteiger charge is 2.08. The van der Waals surface area contributed by atoms with Crippen LogP contribution in [-0.2, 0) is 9.59 Å². The third kappa shape index (κ3) is 4.17. The van der Waals surface area contributed by atoms with Crippen molar-refractivity contribution < 1.29 is 19.8 Å². The summed E-state index contributed by atoms with van der Waals surface area (Å²) in [6.45, 7) is -0.173. The van der Waals surface area contributed by atoms with E-state index in [1.165, 1.54) is 0 Å². The maximum absolute atomic E-state index is 10.3. The van der Waals surface area contributed by atoms with Gasteiger partial charge in [-0.3, -0.25) is 9.59 Å². The molecule has 0 aromatic rings. The molecular weight excluding hydrogens is 136 g/mol. The van der Waals surface area contributed by atoms with Crippen LogP contribution in [0.5, 0.6) is 0 Å². The molecule has 0 aliphatic rings. The normalized spacial score (nSPS) is 12.6. The fourth-order valence-corrected chi connectivity index (χ4v) is 0.531. The molecule has 0 fully saturated rings. The maximum Gasteiger partial charge on any atom is 0.197 e. The Kier molecular flexibility index (Phi) is 4.70. The predicted octanol–water partition coefficient (Wildman–Crippen LogP) is -1.11. The van der Waals surface area contributed by atoms with E-state index in [2.05, 4.69) is 0 Å². The Balaban J connectivity index is 3.46. The third-order valence-electron chi connectivity index (χ3n) is 1.03. The summed E-state index contributed by atoms with van der Waals surface area (Å²) >= 11 is 0. The fraction of sp³-hybridized carbons (Fsp3) is 0.667. The van der Waals surface area contributed by atoms with Gasteiger partial charge in [0.2, 0.25) is 0 Å². The van der Waals surface area contributed by atoms with Gasteiger partial charge in [-0.25, -0.2) is 0 Å². The number of ketones is 1. The quantitative estimate of drug-likeness (QED) is 0.381. The summed E-state index contributed by atoms with van der Waals surface area (Å²) in [5.74, 6) is -0.638. The Morgan fingerprint density at radius 2 is 2.20 bits per heavy atom. The molecule has 10 heavy (non-hydrogen) atoms. The first kappa shape index (κ1) is 9.26. The van der Waals surface area contributed by atoms with E-state index in [9.17, 15) is 9.59 Å². The van der Waals surface area contributed by atoms with Crippen LogP contribution in [0.2, 0.25) is 0 Å². The molecule has 1 unspecified atom stereocenters. The van der Waals surface area contributed by atoms with E-state index in [4.69, 9.17) is 10.2 Å². The fourth-order valence-electron chi connectivity index (χ4n) is 0.531. The van der Waals surface area contributed by atoms with Gasteiger partial charge < -0.3 is 10.2 Å². The number of hydrogen-bond acceptors (Lipinski definition) is 4. The summed E-state index contributed by atoms with van der Waals surface area (Å²) in [6.07, 6.45) is -0.771. The molecule has 0 aliphatic carbocycles. The van der Waals surface area contributed by atoms with Crippen molar-refractivity contribution in [2.45, 2.75) is 18.9 Å². The van der Waals surface area contributed by atoms with Crippen LogP contribution in [0.25, 0.3) is 0 Å². The lowest BCUT2D eigenvalue weighted by atomic mass is 10.1. The first-order chi connectivity index (χ1) is 4.70. The number of aldehydes is 1. The molecule has 0 aromatic heterocycles. The van der Waals surface area contributed by atoms with Gasteiger partial charge in [0.05, 0.1) is 6.10 Å². The zero-order chi connectivity index (χ0) is 7.98. The minimum atomic E-state index is -0.886. The molecule has 58 valence electrons. The van der Waals surface area contributed by atoms with Crippen LogP contribution in [0.15, 0.2) is 0 Å². The average molecular weight is 146 g/mol. The summed E-state index contributed by atoms with van der Waals surface area (Å²) in [6, 6.07) is 0. The summed E-state index contributed by atoms with van der Waals surface area (Å²) < 4.78 is 0. The Bertz CT molecular complexity index is 121. The van der Waals surface area contributed by atoms with Crippen molar-refractivity contribution in [2.24, 2.45) is 0 Å². The van der Waals surface area contributed by atoms with E-state index in [1.807, 2.05) is 0 Å². The highest BCUT2D eigenvalue weighted by Crippen LogP contribution is 1.95. The molecule has 0 rings (SSSR count). The lowest BCUT2D eigenvalue weighted by molar-refractivity contribution is -0.131. The lowest BCUT2D eigenvalue weighted by Gasteiger charge is -2.03. The Hall–Kier alpha value is -0.740. The van der Waals surface area contributed by atoms with Crippen molar-refractivity contribution in [3.05, 3.63) is 0 Å². The number of carbonyl (C=O) groups is 2. The van der Waals surface area contributed by atoms with E-state index < -0.39 is 11.9 Å². The first-order valence-electron chi connectivity index (χ1n) is 2.97. The second-order valence-electron chi connectivity index (χ2n) is 1.95. The molecule has 4 heteroatoms. The van der Waals surface area contributed by atoms with Crippen LogP contribution in [0.1, 0.15) is 12.8 Å². The largest absolute Gasteiger partial charge is 0.396 e. The summed E-state index contributed by atoms with van der Waals surface area (Å²) in [5, 5.41) is 17.1. The van der Waals surface area contributed by atoms with Gasteiger partial charge in [-0.2, -0.15) is 0 Å². The molecule has 0 radical (unpaired) electrons. The van der Waals surface area contributed by atoms with E-state index in [0.29, 0.717) is 0 Å². The van der Waals surface area contributed by atoms with E-state index in [0.717, 1.165) is 0 Å². The topological polar surface area (TPSA) is 74.6 Å². The van der Waals surface area contributed by atoms with Gasteiger partial charge in [0.25, 0.3) is 0 Å². The van der Waals surface area contributed by atoms with Gasteiger partial charge in [-0.15, -0.1) is 0 Å². The van der Waals surface area contributed by atoms with Crippen molar-refractivity contribution in [3.8, 4) is 0 Å². The maximum atomic E-state index is 10.3. The Morgan fingerprint density at radius 3 is 2.60 bits per heavy atom.